The zero-order chi connectivity index (χ0) is 17.1. The molecule has 23 heavy (non-hydrogen) atoms. The van der Waals surface area contributed by atoms with Crippen LogP contribution in [0.25, 0.3) is 0 Å². The highest BCUT2D eigenvalue weighted by Crippen LogP contribution is 2.36. The number of likely N-dealkylation sites (tertiary alicyclic amines) is 1. The highest BCUT2D eigenvalue weighted by atomic mass is 19.4. The number of hydrogen-bond acceptors (Lipinski definition) is 5. The molecule has 5 nitrogen and oxygen atoms in total. The number of rotatable bonds is 5. The second-order valence-electron chi connectivity index (χ2n) is 6.81. The Bertz CT molecular complexity index is 419. The fourth-order valence-electron chi connectivity index (χ4n) is 2.80. The van der Waals surface area contributed by atoms with Crippen molar-refractivity contribution in [2.75, 3.05) is 19.7 Å². The van der Waals surface area contributed by atoms with Gasteiger partial charge in [0.2, 0.25) is 5.90 Å². The Morgan fingerprint density at radius 2 is 2.00 bits per heavy atom. The summed E-state index contributed by atoms with van der Waals surface area (Å²) in [6, 6.07) is 0. The average molecular weight is 338 g/mol. The van der Waals surface area contributed by atoms with Crippen molar-refractivity contribution in [2.45, 2.75) is 64.0 Å². The Morgan fingerprint density at radius 1 is 1.35 bits per heavy atom. The first-order chi connectivity index (χ1) is 10.7. The lowest BCUT2D eigenvalue weighted by atomic mass is 9.88. The van der Waals surface area contributed by atoms with Crippen LogP contribution in [0.2, 0.25) is 0 Å². The van der Waals surface area contributed by atoms with Gasteiger partial charge in [-0.3, -0.25) is 4.90 Å². The summed E-state index contributed by atoms with van der Waals surface area (Å²) in [5, 5.41) is 13.9. The Balaban J connectivity index is 1.74. The summed E-state index contributed by atoms with van der Waals surface area (Å²) in [5.41, 5.74) is -0.424. The molecule has 134 valence electrons. The maximum absolute atomic E-state index is 12.2. The van der Waals surface area contributed by atoms with Crippen molar-refractivity contribution in [3.8, 4) is 0 Å². The van der Waals surface area contributed by atoms with Gasteiger partial charge in [-0.1, -0.05) is 19.0 Å². The summed E-state index contributed by atoms with van der Waals surface area (Å²) >= 11 is 0. The van der Waals surface area contributed by atoms with Crippen LogP contribution in [0.5, 0.6) is 0 Å². The zero-order valence-electron chi connectivity index (χ0n) is 13.6. The SMILES string of the molecule is CC(C)COC1=NOC2(CCN(C(O)CCC(F)(F)F)CC2)C1. The van der Waals surface area contributed by atoms with Crippen LogP contribution in [0.1, 0.15) is 46.0 Å². The number of ether oxygens (including phenoxy) is 1. The van der Waals surface area contributed by atoms with Crippen LogP contribution in [0.15, 0.2) is 5.16 Å². The van der Waals surface area contributed by atoms with Gasteiger partial charge in [0.15, 0.2) is 0 Å². The van der Waals surface area contributed by atoms with Gasteiger partial charge >= 0.3 is 6.18 Å². The van der Waals surface area contributed by atoms with Crippen molar-refractivity contribution >= 4 is 5.90 Å². The molecule has 8 heteroatoms. The van der Waals surface area contributed by atoms with E-state index < -0.39 is 24.4 Å². The van der Waals surface area contributed by atoms with E-state index in [2.05, 4.69) is 5.16 Å². The average Bonchev–Trinajstić information content (AvgIpc) is 2.86. The number of oxime groups is 1. The van der Waals surface area contributed by atoms with Gasteiger partial charge in [0, 0.05) is 32.4 Å². The minimum absolute atomic E-state index is 0.295. The van der Waals surface area contributed by atoms with E-state index in [9.17, 15) is 18.3 Å². The third-order valence-corrected chi connectivity index (χ3v) is 4.21. The van der Waals surface area contributed by atoms with Crippen molar-refractivity contribution in [1.29, 1.82) is 0 Å². The van der Waals surface area contributed by atoms with Gasteiger partial charge in [0.1, 0.15) is 11.8 Å². The quantitative estimate of drug-likeness (QED) is 0.837. The Labute approximate surface area is 134 Å². The zero-order valence-corrected chi connectivity index (χ0v) is 13.6. The summed E-state index contributed by atoms with van der Waals surface area (Å²) in [6.07, 6.45) is -4.73. The van der Waals surface area contributed by atoms with E-state index >= 15 is 0 Å². The molecule has 0 amide bonds. The van der Waals surface area contributed by atoms with E-state index in [0.29, 0.717) is 50.8 Å². The van der Waals surface area contributed by atoms with Gasteiger partial charge in [-0.15, -0.1) is 0 Å². The summed E-state index contributed by atoms with van der Waals surface area (Å²) in [7, 11) is 0. The molecule has 0 aromatic carbocycles. The molecule has 1 N–H and O–H groups in total. The third kappa shape index (κ3) is 5.53. The van der Waals surface area contributed by atoms with E-state index in [1.165, 1.54) is 0 Å². The predicted octanol–water partition coefficient (Wildman–Crippen LogP) is 2.89. The molecule has 1 saturated heterocycles. The number of alkyl halides is 3. The molecule has 2 heterocycles. The molecule has 1 fully saturated rings. The van der Waals surface area contributed by atoms with E-state index in [1.54, 1.807) is 4.90 Å². The first-order valence-electron chi connectivity index (χ1n) is 8.06. The molecule has 2 rings (SSSR count). The minimum atomic E-state index is -4.23. The van der Waals surface area contributed by atoms with Gasteiger partial charge in [-0.25, -0.2) is 0 Å². The monoisotopic (exact) mass is 338 g/mol. The van der Waals surface area contributed by atoms with Crippen molar-refractivity contribution in [1.82, 2.24) is 4.90 Å². The molecule has 0 saturated carbocycles. The molecule has 1 unspecified atom stereocenters. The van der Waals surface area contributed by atoms with Crippen LogP contribution in [-0.4, -0.2) is 53.6 Å². The third-order valence-electron chi connectivity index (χ3n) is 4.21. The van der Waals surface area contributed by atoms with Crippen molar-refractivity contribution < 1.29 is 27.9 Å². The van der Waals surface area contributed by atoms with Crippen molar-refractivity contribution in [2.24, 2.45) is 11.1 Å². The van der Waals surface area contributed by atoms with E-state index in [0.717, 1.165) is 0 Å². The molecule has 0 aliphatic carbocycles. The molecule has 0 aromatic rings. The highest BCUT2D eigenvalue weighted by molar-refractivity contribution is 5.78. The number of aliphatic hydroxyl groups is 1. The van der Waals surface area contributed by atoms with Crippen LogP contribution in [0.4, 0.5) is 13.2 Å². The van der Waals surface area contributed by atoms with E-state index in [4.69, 9.17) is 9.57 Å². The topological polar surface area (TPSA) is 54.3 Å². The van der Waals surface area contributed by atoms with Gasteiger partial charge in [-0.2, -0.15) is 13.2 Å². The Kier molecular flexibility index (Phi) is 5.78. The van der Waals surface area contributed by atoms with E-state index in [-0.39, 0.29) is 6.42 Å². The van der Waals surface area contributed by atoms with E-state index in [1.807, 2.05) is 13.8 Å². The number of piperidine rings is 1. The van der Waals surface area contributed by atoms with Crippen LogP contribution >= 0.6 is 0 Å². The number of aliphatic hydroxyl groups excluding tert-OH is 1. The fraction of sp³-hybridized carbons (Fsp3) is 0.933. The normalized spacial score (nSPS) is 23.0. The molecular weight excluding hydrogens is 313 g/mol. The lowest BCUT2D eigenvalue weighted by Gasteiger charge is -2.39. The minimum Gasteiger partial charge on any atom is -0.478 e. The predicted molar refractivity (Wildman–Crippen MR) is 78.8 cm³/mol. The molecule has 2 aliphatic rings. The molecular formula is C15H25F3N2O3. The van der Waals surface area contributed by atoms with Crippen molar-refractivity contribution in [3.63, 3.8) is 0 Å². The number of hydrogen-bond donors (Lipinski definition) is 1. The summed E-state index contributed by atoms with van der Waals surface area (Å²) in [6.45, 7) is 5.67. The fourth-order valence-corrected chi connectivity index (χ4v) is 2.80. The second-order valence-corrected chi connectivity index (χ2v) is 6.81. The van der Waals surface area contributed by atoms with Crippen LogP contribution < -0.4 is 0 Å². The van der Waals surface area contributed by atoms with Crippen LogP contribution in [0.3, 0.4) is 0 Å². The summed E-state index contributed by atoms with van der Waals surface area (Å²) in [4.78, 5) is 7.22. The first kappa shape index (κ1) is 18.3. The Morgan fingerprint density at radius 3 is 2.57 bits per heavy atom. The smallest absolute Gasteiger partial charge is 0.389 e. The van der Waals surface area contributed by atoms with Gasteiger partial charge < -0.3 is 14.7 Å². The number of halogens is 3. The van der Waals surface area contributed by atoms with Crippen LogP contribution in [0, 0.1) is 5.92 Å². The molecule has 1 spiro atoms. The summed E-state index contributed by atoms with van der Waals surface area (Å²) in [5.74, 6) is 0.990. The maximum atomic E-state index is 12.2. The second kappa shape index (κ2) is 7.25. The van der Waals surface area contributed by atoms with Gasteiger partial charge in [-0.05, 0) is 12.3 Å². The standard InChI is InChI=1S/C15H25F3N2O3/c1-11(2)10-22-12-9-14(23-19-12)5-7-20(8-6-14)13(21)3-4-15(16,17)18/h11,13,21H,3-10H2,1-2H3. The molecule has 0 radical (unpaired) electrons. The molecule has 0 aromatic heterocycles. The molecule has 0 bridgehead atoms. The number of nitrogens with zero attached hydrogens (tertiary/aromatic N) is 2. The molecule has 1 atom stereocenters. The largest absolute Gasteiger partial charge is 0.478 e. The Hall–Kier alpha value is -1.02. The lowest BCUT2D eigenvalue weighted by molar-refractivity contribution is -0.151. The van der Waals surface area contributed by atoms with Gasteiger partial charge in [0.25, 0.3) is 0 Å². The van der Waals surface area contributed by atoms with Gasteiger partial charge in [0.05, 0.1) is 13.0 Å². The summed E-state index contributed by atoms with van der Waals surface area (Å²) < 4.78 is 42.2. The molecule has 2 aliphatic heterocycles. The van der Waals surface area contributed by atoms with Crippen molar-refractivity contribution in [3.05, 3.63) is 0 Å². The van der Waals surface area contributed by atoms with Crippen LogP contribution in [-0.2, 0) is 9.57 Å². The lowest BCUT2D eigenvalue weighted by Crippen LogP contribution is -2.48. The first-order valence-corrected chi connectivity index (χ1v) is 8.06. The highest BCUT2D eigenvalue weighted by Gasteiger charge is 2.44. The maximum Gasteiger partial charge on any atom is 0.389 e.